The van der Waals surface area contributed by atoms with Crippen LogP contribution >= 0.6 is 7.37 Å². The highest BCUT2D eigenvalue weighted by Crippen LogP contribution is 2.40. The molecule has 0 aliphatic rings. The highest BCUT2D eigenvalue weighted by Gasteiger charge is 2.17. The molecule has 0 amide bonds. The number of unbranched alkanes of at least 4 members (excludes halogenated alkanes) is 1. The zero-order valence-corrected chi connectivity index (χ0v) is 10.3. The number of rotatable bonds is 7. The van der Waals surface area contributed by atoms with E-state index in [9.17, 15) is 14.3 Å². The Morgan fingerprint density at radius 3 is 2.53 bits per heavy atom. The molecule has 0 aromatic rings. The van der Waals surface area contributed by atoms with Crippen LogP contribution in [0, 0.1) is 0 Å². The molecule has 15 heavy (non-hydrogen) atoms. The largest absolute Gasteiger partial charge is 0.462 e. The summed E-state index contributed by atoms with van der Waals surface area (Å²) < 4.78 is 16.2. The fraction of sp³-hybridized carbons (Fsp3) is 0.700. The molecule has 1 unspecified atom stereocenters. The second-order valence-electron chi connectivity index (χ2n) is 3.56. The van der Waals surface area contributed by atoms with E-state index < -0.39 is 13.3 Å². The maximum absolute atomic E-state index is 11.5. The van der Waals surface area contributed by atoms with Gasteiger partial charge in [-0.05, 0) is 13.3 Å². The summed E-state index contributed by atoms with van der Waals surface area (Å²) >= 11 is 0. The third kappa shape index (κ3) is 7.34. The van der Waals surface area contributed by atoms with Gasteiger partial charge in [0.2, 0.25) is 7.37 Å². The van der Waals surface area contributed by atoms with E-state index in [1.165, 1.54) is 6.92 Å². The van der Waals surface area contributed by atoms with E-state index in [0.717, 1.165) is 12.8 Å². The third-order valence-electron chi connectivity index (χ3n) is 1.88. The number of hydrogen-bond acceptors (Lipinski definition) is 3. The first-order valence-corrected chi connectivity index (χ1v) is 7.05. The van der Waals surface area contributed by atoms with Gasteiger partial charge in [0.05, 0.1) is 6.16 Å². The second-order valence-corrected chi connectivity index (χ2v) is 6.15. The molecule has 0 rings (SSSR count). The van der Waals surface area contributed by atoms with E-state index in [1.807, 2.05) is 6.92 Å². The molecular weight excluding hydrogens is 215 g/mol. The molecule has 5 heteroatoms. The average Bonchev–Trinajstić information content (AvgIpc) is 2.14. The van der Waals surface area contributed by atoms with Crippen LogP contribution in [-0.4, -0.2) is 29.8 Å². The van der Waals surface area contributed by atoms with E-state index in [-0.39, 0.29) is 12.8 Å². The molecule has 0 saturated heterocycles. The Balaban J connectivity index is 3.79. The fourth-order valence-corrected chi connectivity index (χ4v) is 2.33. The van der Waals surface area contributed by atoms with E-state index in [1.54, 1.807) is 0 Å². The molecule has 0 radical (unpaired) electrons. The molecular formula is C10H19O4P. The Labute approximate surface area is 90.8 Å². The first kappa shape index (κ1) is 14.4. The normalized spacial score (nSPS) is 14.3. The van der Waals surface area contributed by atoms with E-state index in [0.29, 0.717) is 11.7 Å². The lowest BCUT2D eigenvalue weighted by molar-refractivity contribution is -0.138. The van der Waals surface area contributed by atoms with Gasteiger partial charge in [0.15, 0.2) is 0 Å². The third-order valence-corrected chi connectivity index (χ3v) is 3.78. The minimum atomic E-state index is -3.10. The number of carbonyl (C=O) groups is 1. The first-order valence-electron chi connectivity index (χ1n) is 5.02. The van der Waals surface area contributed by atoms with Crippen LogP contribution in [0.4, 0.5) is 0 Å². The van der Waals surface area contributed by atoms with Gasteiger partial charge in [-0.25, -0.2) is 4.79 Å². The fourth-order valence-electron chi connectivity index (χ4n) is 0.921. The lowest BCUT2D eigenvalue weighted by atomic mass is 10.4. The molecule has 0 heterocycles. The number of hydrogen-bond donors (Lipinski definition) is 1. The zero-order chi connectivity index (χ0) is 11.9. The van der Waals surface area contributed by atoms with Gasteiger partial charge < -0.3 is 9.63 Å². The Morgan fingerprint density at radius 2 is 2.07 bits per heavy atom. The van der Waals surface area contributed by atoms with Crippen molar-refractivity contribution in [1.29, 1.82) is 0 Å². The standard InChI is InChI=1S/C10H19O4P/c1-4-5-7-15(12,13)8-6-14-10(11)9(2)3/h2,4-8H2,1,3H3,(H,12,13). The Kier molecular flexibility index (Phi) is 6.53. The lowest BCUT2D eigenvalue weighted by Crippen LogP contribution is -2.10. The minimum Gasteiger partial charge on any atom is -0.462 e. The van der Waals surface area contributed by atoms with Crippen molar-refractivity contribution in [2.45, 2.75) is 26.7 Å². The summed E-state index contributed by atoms with van der Waals surface area (Å²) in [4.78, 5) is 20.4. The van der Waals surface area contributed by atoms with Crippen LogP contribution in [0.3, 0.4) is 0 Å². The number of carbonyl (C=O) groups excluding carboxylic acids is 1. The maximum atomic E-state index is 11.5. The van der Waals surface area contributed by atoms with Crippen LogP contribution in [0.2, 0.25) is 0 Å². The average molecular weight is 234 g/mol. The Hall–Kier alpha value is -0.600. The van der Waals surface area contributed by atoms with Crippen molar-refractivity contribution < 1.29 is 19.0 Å². The Morgan fingerprint density at radius 1 is 1.47 bits per heavy atom. The van der Waals surface area contributed by atoms with Gasteiger partial charge in [0, 0.05) is 11.7 Å². The monoisotopic (exact) mass is 234 g/mol. The molecule has 0 bridgehead atoms. The van der Waals surface area contributed by atoms with E-state index >= 15 is 0 Å². The van der Waals surface area contributed by atoms with Crippen molar-refractivity contribution >= 4 is 13.3 Å². The smallest absolute Gasteiger partial charge is 0.333 e. The van der Waals surface area contributed by atoms with Gasteiger partial charge in [0.25, 0.3) is 0 Å². The van der Waals surface area contributed by atoms with E-state index in [2.05, 4.69) is 6.58 Å². The summed E-state index contributed by atoms with van der Waals surface area (Å²) in [6.07, 6.45) is 1.94. The van der Waals surface area contributed by atoms with Gasteiger partial charge >= 0.3 is 5.97 Å². The van der Waals surface area contributed by atoms with Crippen molar-refractivity contribution in [2.24, 2.45) is 0 Å². The van der Waals surface area contributed by atoms with Crippen molar-refractivity contribution in [3.8, 4) is 0 Å². The molecule has 0 aromatic heterocycles. The maximum Gasteiger partial charge on any atom is 0.333 e. The first-order chi connectivity index (χ1) is 6.89. The summed E-state index contributed by atoms with van der Waals surface area (Å²) in [7, 11) is -3.10. The van der Waals surface area contributed by atoms with Crippen LogP contribution in [-0.2, 0) is 14.1 Å². The zero-order valence-electron chi connectivity index (χ0n) is 9.36. The predicted octanol–water partition coefficient (Wildman–Crippen LogP) is 2.18. The Bertz CT molecular complexity index is 273. The van der Waals surface area contributed by atoms with Gasteiger partial charge in [-0.2, -0.15) is 0 Å². The molecule has 0 aliphatic carbocycles. The summed E-state index contributed by atoms with van der Waals surface area (Å²) in [6, 6.07) is 0. The molecule has 0 aromatic carbocycles. The highest BCUT2D eigenvalue weighted by molar-refractivity contribution is 7.58. The quantitative estimate of drug-likeness (QED) is 0.416. The van der Waals surface area contributed by atoms with Gasteiger partial charge in [0.1, 0.15) is 6.61 Å². The molecule has 0 aliphatic heterocycles. The second kappa shape index (κ2) is 6.81. The van der Waals surface area contributed by atoms with Crippen molar-refractivity contribution in [3.63, 3.8) is 0 Å². The van der Waals surface area contributed by atoms with Crippen molar-refractivity contribution in [1.82, 2.24) is 0 Å². The summed E-state index contributed by atoms with van der Waals surface area (Å²) in [5.74, 6) is -0.509. The predicted molar refractivity (Wildman–Crippen MR) is 60.2 cm³/mol. The lowest BCUT2D eigenvalue weighted by Gasteiger charge is -2.10. The topological polar surface area (TPSA) is 63.6 Å². The minimum absolute atomic E-state index is 0.0107. The van der Waals surface area contributed by atoms with E-state index in [4.69, 9.17) is 4.74 Å². The van der Waals surface area contributed by atoms with Crippen LogP contribution in [0.15, 0.2) is 12.2 Å². The van der Waals surface area contributed by atoms with Gasteiger partial charge in [-0.1, -0.05) is 19.9 Å². The summed E-state index contributed by atoms with van der Waals surface area (Å²) in [5, 5.41) is 0. The number of ether oxygens (including phenoxy) is 1. The molecule has 4 nitrogen and oxygen atoms in total. The molecule has 0 fully saturated rings. The summed E-state index contributed by atoms with van der Waals surface area (Å²) in [5.41, 5.74) is 0.302. The SMILES string of the molecule is C=C(C)C(=O)OCCP(=O)(O)CCCC. The highest BCUT2D eigenvalue weighted by atomic mass is 31.2. The number of esters is 1. The van der Waals surface area contributed by atoms with Crippen molar-refractivity contribution in [2.75, 3.05) is 18.9 Å². The molecule has 0 spiro atoms. The van der Waals surface area contributed by atoms with Gasteiger partial charge in [-0.3, -0.25) is 4.57 Å². The molecule has 88 valence electrons. The molecule has 1 atom stereocenters. The molecule has 0 saturated carbocycles. The van der Waals surface area contributed by atoms with Crippen molar-refractivity contribution in [3.05, 3.63) is 12.2 Å². The van der Waals surface area contributed by atoms with Crippen LogP contribution in [0.1, 0.15) is 26.7 Å². The molecule has 1 N–H and O–H groups in total. The van der Waals surface area contributed by atoms with Crippen LogP contribution in [0.5, 0.6) is 0 Å². The van der Waals surface area contributed by atoms with Crippen LogP contribution in [0.25, 0.3) is 0 Å². The van der Waals surface area contributed by atoms with Crippen LogP contribution < -0.4 is 0 Å². The summed E-state index contributed by atoms with van der Waals surface area (Å²) in [6.45, 7) is 6.90. The van der Waals surface area contributed by atoms with Gasteiger partial charge in [-0.15, -0.1) is 0 Å².